The van der Waals surface area contributed by atoms with Gasteiger partial charge in [0.05, 0.1) is 10.5 Å². The van der Waals surface area contributed by atoms with E-state index >= 15 is 0 Å². The smallest absolute Gasteiger partial charge is 0.166 e. The van der Waals surface area contributed by atoms with Crippen molar-refractivity contribution in [1.82, 2.24) is 0 Å². The topological polar surface area (TPSA) is 64.3 Å². The van der Waals surface area contributed by atoms with Gasteiger partial charge in [0.15, 0.2) is 15.6 Å². The van der Waals surface area contributed by atoms with Gasteiger partial charge in [0, 0.05) is 22.3 Å². The van der Waals surface area contributed by atoms with Crippen molar-refractivity contribution < 1.29 is 17.6 Å². The van der Waals surface area contributed by atoms with Gasteiger partial charge in [-0.05, 0) is 49.9 Å². The normalized spacial score (nSPS) is 27.8. The predicted molar refractivity (Wildman–Crippen MR) is 96.5 cm³/mol. The fraction of sp³-hybridized carbons (Fsp3) is 0.350. The Balaban J connectivity index is 1.53. The fourth-order valence-corrected chi connectivity index (χ4v) is 7.01. The molecular weight excluding hydrogens is 336 g/mol. The minimum absolute atomic E-state index is 0.0685. The van der Waals surface area contributed by atoms with Crippen LogP contribution in [0.5, 0.6) is 0 Å². The molecule has 3 aromatic rings. The molecule has 128 valence electrons. The second kappa shape index (κ2) is 5.18. The standard InChI is InChI=1S/C20H18O4S/c21-20(13-9-14-6-7-15(10-13)25(14,22)23)12-5-8-19-17(11-12)16-3-1-2-4-18(16)24-19/h1-5,8,11,13-15H,6-7,9-10H2. The van der Waals surface area contributed by atoms with Crippen LogP contribution in [-0.2, 0) is 9.84 Å². The molecule has 0 spiro atoms. The van der Waals surface area contributed by atoms with Crippen LogP contribution in [0.2, 0.25) is 0 Å². The van der Waals surface area contributed by atoms with E-state index in [9.17, 15) is 13.2 Å². The molecule has 2 bridgehead atoms. The van der Waals surface area contributed by atoms with Gasteiger partial charge < -0.3 is 4.42 Å². The molecule has 0 aliphatic carbocycles. The first-order valence-electron chi connectivity index (χ1n) is 8.72. The summed E-state index contributed by atoms with van der Waals surface area (Å²) >= 11 is 0. The quantitative estimate of drug-likeness (QED) is 0.649. The molecule has 0 N–H and O–H groups in total. The van der Waals surface area contributed by atoms with Crippen molar-refractivity contribution in [2.45, 2.75) is 36.2 Å². The number of ketones is 1. The highest BCUT2D eigenvalue weighted by atomic mass is 32.2. The van der Waals surface area contributed by atoms with E-state index in [0.29, 0.717) is 31.2 Å². The van der Waals surface area contributed by atoms with Crippen LogP contribution in [0.25, 0.3) is 21.9 Å². The molecule has 5 heteroatoms. The Kier molecular flexibility index (Phi) is 3.14. The molecule has 2 aliphatic heterocycles. The molecule has 2 aliphatic rings. The predicted octanol–water partition coefficient (Wildman–Crippen LogP) is 4.12. The number of Topliss-reactive ketones (excluding diaryl/α,β-unsaturated/α-hetero) is 1. The van der Waals surface area contributed by atoms with E-state index in [1.54, 1.807) is 6.07 Å². The molecule has 2 unspecified atom stereocenters. The molecule has 3 heterocycles. The second-order valence-corrected chi connectivity index (χ2v) is 9.76. The van der Waals surface area contributed by atoms with Gasteiger partial charge in [0.1, 0.15) is 11.2 Å². The summed E-state index contributed by atoms with van der Waals surface area (Å²) < 4.78 is 30.3. The van der Waals surface area contributed by atoms with Crippen LogP contribution in [0.3, 0.4) is 0 Å². The van der Waals surface area contributed by atoms with Crippen molar-refractivity contribution in [3.63, 3.8) is 0 Å². The van der Waals surface area contributed by atoms with Crippen molar-refractivity contribution in [1.29, 1.82) is 0 Å². The van der Waals surface area contributed by atoms with E-state index in [1.165, 1.54) is 0 Å². The molecule has 4 nitrogen and oxygen atoms in total. The number of fused-ring (bicyclic) bond motifs is 5. The SMILES string of the molecule is O=C(c1ccc2oc3ccccc3c2c1)C1CC2CCC(C1)S2(=O)=O. The molecule has 0 radical (unpaired) electrons. The van der Waals surface area contributed by atoms with E-state index in [2.05, 4.69) is 0 Å². The minimum atomic E-state index is -3.00. The first kappa shape index (κ1) is 15.1. The van der Waals surface area contributed by atoms with Gasteiger partial charge >= 0.3 is 0 Å². The average Bonchev–Trinajstić information content (AvgIpc) is 2.99. The third-order valence-corrected chi connectivity index (χ3v) is 8.58. The van der Waals surface area contributed by atoms with Gasteiger partial charge in [-0.15, -0.1) is 0 Å². The summed E-state index contributed by atoms with van der Waals surface area (Å²) in [5.41, 5.74) is 2.23. The third-order valence-electron chi connectivity index (χ3n) is 5.87. The number of carbonyl (C=O) groups excluding carboxylic acids is 1. The molecule has 25 heavy (non-hydrogen) atoms. The highest BCUT2D eigenvalue weighted by Crippen LogP contribution is 2.42. The first-order chi connectivity index (χ1) is 12.0. The van der Waals surface area contributed by atoms with Gasteiger partial charge in [0.25, 0.3) is 0 Å². The van der Waals surface area contributed by atoms with Crippen LogP contribution in [0, 0.1) is 5.92 Å². The highest BCUT2D eigenvalue weighted by molar-refractivity contribution is 7.93. The Morgan fingerprint density at radius 3 is 2.36 bits per heavy atom. The third kappa shape index (κ3) is 2.18. The van der Waals surface area contributed by atoms with Gasteiger partial charge in [-0.3, -0.25) is 4.79 Å². The monoisotopic (exact) mass is 354 g/mol. The molecule has 2 aromatic carbocycles. The summed E-state index contributed by atoms with van der Waals surface area (Å²) in [6.45, 7) is 0. The van der Waals surface area contributed by atoms with Crippen molar-refractivity contribution in [2.24, 2.45) is 5.92 Å². The van der Waals surface area contributed by atoms with Crippen LogP contribution in [0.4, 0.5) is 0 Å². The van der Waals surface area contributed by atoms with E-state index in [-0.39, 0.29) is 22.2 Å². The average molecular weight is 354 g/mol. The number of rotatable bonds is 2. The summed E-state index contributed by atoms with van der Waals surface area (Å²) in [6.07, 6.45) is 2.37. The summed E-state index contributed by atoms with van der Waals surface area (Å²) in [5.74, 6) is -0.115. The largest absolute Gasteiger partial charge is 0.456 e. The molecule has 0 saturated carbocycles. The van der Waals surface area contributed by atoms with Crippen molar-refractivity contribution >= 4 is 37.6 Å². The molecule has 1 aromatic heterocycles. The van der Waals surface area contributed by atoms with E-state index in [0.717, 1.165) is 21.9 Å². The zero-order valence-corrected chi connectivity index (χ0v) is 14.5. The zero-order valence-electron chi connectivity index (χ0n) is 13.6. The second-order valence-electron chi connectivity index (χ2n) is 7.25. The number of hydrogen-bond donors (Lipinski definition) is 0. The van der Waals surface area contributed by atoms with Gasteiger partial charge in [-0.2, -0.15) is 0 Å². The Bertz CT molecular complexity index is 1090. The van der Waals surface area contributed by atoms with Crippen molar-refractivity contribution in [2.75, 3.05) is 0 Å². The molecular formula is C20H18O4S. The summed E-state index contributed by atoms with van der Waals surface area (Å²) in [5, 5.41) is 1.30. The molecule has 5 rings (SSSR count). The number of hydrogen-bond acceptors (Lipinski definition) is 4. The molecule has 0 amide bonds. The van der Waals surface area contributed by atoms with Gasteiger partial charge in [-0.1, -0.05) is 18.2 Å². The summed E-state index contributed by atoms with van der Waals surface area (Å²) in [7, 11) is -3.00. The minimum Gasteiger partial charge on any atom is -0.456 e. The summed E-state index contributed by atoms with van der Waals surface area (Å²) in [4.78, 5) is 13.0. The Morgan fingerprint density at radius 2 is 1.60 bits per heavy atom. The van der Waals surface area contributed by atoms with E-state index in [4.69, 9.17) is 4.42 Å². The molecule has 2 atom stereocenters. The number of carbonyl (C=O) groups is 1. The van der Waals surface area contributed by atoms with Gasteiger partial charge in [-0.25, -0.2) is 8.42 Å². The van der Waals surface area contributed by atoms with Crippen molar-refractivity contribution in [3.05, 3.63) is 48.0 Å². The Morgan fingerprint density at radius 1 is 0.920 bits per heavy atom. The lowest BCUT2D eigenvalue weighted by atomic mass is 9.90. The maximum Gasteiger partial charge on any atom is 0.166 e. The van der Waals surface area contributed by atoms with E-state index < -0.39 is 9.84 Å². The number of furan rings is 1. The zero-order chi connectivity index (χ0) is 17.2. The molecule has 2 fully saturated rings. The first-order valence-corrected chi connectivity index (χ1v) is 10.3. The molecule has 2 saturated heterocycles. The lowest BCUT2D eigenvalue weighted by Gasteiger charge is -2.26. The van der Waals surface area contributed by atoms with Gasteiger partial charge in [0.2, 0.25) is 0 Å². The Hall–Kier alpha value is -2.14. The van der Waals surface area contributed by atoms with Crippen LogP contribution in [0.15, 0.2) is 46.9 Å². The van der Waals surface area contributed by atoms with Crippen LogP contribution >= 0.6 is 0 Å². The van der Waals surface area contributed by atoms with Crippen LogP contribution in [-0.4, -0.2) is 24.7 Å². The highest BCUT2D eigenvalue weighted by Gasteiger charge is 2.48. The van der Waals surface area contributed by atoms with Crippen LogP contribution in [0.1, 0.15) is 36.0 Å². The summed E-state index contributed by atoms with van der Waals surface area (Å²) in [6, 6.07) is 13.3. The fourth-order valence-electron chi connectivity index (χ4n) is 4.54. The Labute approximate surface area is 145 Å². The van der Waals surface area contributed by atoms with Crippen LogP contribution < -0.4 is 0 Å². The van der Waals surface area contributed by atoms with Crippen molar-refractivity contribution in [3.8, 4) is 0 Å². The number of sulfone groups is 1. The lowest BCUT2D eigenvalue weighted by Crippen LogP contribution is -2.36. The number of benzene rings is 2. The number of para-hydroxylation sites is 1. The van der Waals surface area contributed by atoms with E-state index in [1.807, 2.05) is 36.4 Å². The maximum atomic E-state index is 13.0. The lowest BCUT2D eigenvalue weighted by molar-refractivity contribution is 0.0905. The maximum absolute atomic E-state index is 13.0.